The van der Waals surface area contributed by atoms with Crippen LogP contribution in [0, 0.1) is 47.3 Å². The normalized spacial score (nSPS) is 47.7. The van der Waals surface area contributed by atoms with E-state index >= 15 is 0 Å². The zero-order chi connectivity index (χ0) is 30.6. The molecule has 0 amide bonds. The highest BCUT2D eigenvalue weighted by atomic mass is 31.1. The second-order valence-corrected chi connectivity index (χ2v) is 29.2. The van der Waals surface area contributed by atoms with Gasteiger partial charge >= 0.3 is 0 Å². The number of hydrogen-bond acceptors (Lipinski definition) is 2. The van der Waals surface area contributed by atoms with Gasteiger partial charge in [-0.2, -0.15) is 0 Å². The maximum atomic E-state index is 3.92. The van der Waals surface area contributed by atoms with Crippen molar-refractivity contribution in [3.05, 3.63) is 22.4 Å². The number of hydrogen-bond donors (Lipinski definition) is 2. The van der Waals surface area contributed by atoms with E-state index in [1.165, 1.54) is 64.4 Å². The molecule has 45 heavy (non-hydrogen) atoms. The Labute approximate surface area is 281 Å². The molecule has 2 nitrogen and oxygen atoms in total. The minimum Gasteiger partial charge on any atom is -0.316 e. The van der Waals surface area contributed by atoms with Crippen molar-refractivity contribution in [2.45, 2.75) is 144 Å². The summed E-state index contributed by atoms with van der Waals surface area (Å²) in [6, 6.07) is 0. The Morgan fingerprint density at radius 1 is 0.733 bits per heavy atom. The third kappa shape index (κ3) is 5.35. The van der Waals surface area contributed by atoms with Crippen LogP contribution in [0.3, 0.4) is 0 Å². The smallest absolute Gasteiger partial charge is 0.0728 e. The molecular weight excluding hydrogens is 598 g/mol. The van der Waals surface area contributed by atoms with Crippen LogP contribution in [0.1, 0.15) is 109 Å². The van der Waals surface area contributed by atoms with Crippen molar-refractivity contribution >= 4 is 25.2 Å². The molecule has 0 aromatic heterocycles. The molecule has 9 aliphatic carbocycles. The van der Waals surface area contributed by atoms with E-state index < -0.39 is 8.07 Å². The fourth-order valence-electron chi connectivity index (χ4n) is 14.9. The standard InChI is InChI=1S/C40H66N2P2Si/c1-45(2,3)36-16-33(37(17-36)40(43,34-6-4-8-41-24-34)35-7-5-9-42-25-35)26-44(38-18-27-10-28(19-38)12-29(11-27)20-38)39-21-30-13-31(22-39)15-32(14-30)23-39/h16,27-32,34-35,41-42H,4-15,17-26,43H2,1-3H3. The molecule has 8 saturated carbocycles. The first kappa shape index (κ1) is 31.5. The molecule has 5 heteroatoms. The monoisotopic (exact) mass is 664 g/mol. The van der Waals surface area contributed by atoms with Crippen LogP contribution >= 0.6 is 17.2 Å². The van der Waals surface area contributed by atoms with Gasteiger partial charge in [0.15, 0.2) is 0 Å². The average Bonchev–Trinajstić information content (AvgIpc) is 3.44. The lowest BCUT2D eigenvalue weighted by atomic mass is 9.55. The highest BCUT2D eigenvalue weighted by Crippen LogP contribution is 2.79. The highest BCUT2D eigenvalue weighted by molar-refractivity contribution is 7.61. The van der Waals surface area contributed by atoms with Gasteiger partial charge in [-0.25, -0.2) is 0 Å². The average molecular weight is 665 g/mol. The summed E-state index contributed by atoms with van der Waals surface area (Å²) < 4.78 is 0. The molecule has 0 aromatic rings. The van der Waals surface area contributed by atoms with Gasteiger partial charge in [0.1, 0.15) is 0 Å². The molecule has 10 fully saturated rings. The first-order chi connectivity index (χ1) is 21.6. The summed E-state index contributed by atoms with van der Waals surface area (Å²) in [5, 5.41) is 11.5. The fourth-order valence-corrected chi connectivity index (χ4v) is 22.2. The molecule has 2 saturated heterocycles. The van der Waals surface area contributed by atoms with Crippen molar-refractivity contribution < 1.29 is 0 Å². The zero-order valence-corrected chi connectivity index (χ0v) is 32.3. The Hall–Kier alpha value is 0.477. The van der Waals surface area contributed by atoms with Gasteiger partial charge in [-0.3, -0.25) is 0 Å². The summed E-state index contributed by atoms with van der Waals surface area (Å²) in [6.45, 7) is 12.9. The Kier molecular flexibility index (Phi) is 8.04. The predicted octanol–water partition coefficient (Wildman–Crippen LogP) is 9.52. The Morgan fingerprint density at radius 3 is 1.51 bits per heavy atom. The van der Waals surface area contributed by atoms with E-state index in [2.05, 4.69) is 45.6 Å². The third-order valence-electron chi connectivity index (χ3n) is 16.0. The van der Waals surface area contributed by atoms with E-state index in [-0.39, 0.29) is 13.1 Å². The number of nitrogens with one attached hydrogen (secondary N) is 2. The van der Waals surface area contributed by atoms with E-state index in [4.69, 9.17) is 0 Å². The Balaban J connectivity index is 1.17. The number of piperidine rings is 2. The first-order valence-electron chi connectivity index (χ1n) is 20.0. The second-order valence-electron chi connectivity index (χ2n) is 20.0. The summed E-state index contributed by atoms with van der Waals surface area (Å²) in [6.07, 6.45) is 30.9. The highest BCUT2D eigenvalue weighted by Gasteiger charge is 2.63. The van der Waals surface area contributed by atoms with Crippen molar-refractivity contribution in [2.75, 3.05) is 32.3 Å². The molecule has 3 unspecified atom stereocenters. The molecule has 0 radical (unpaired) electrons. The van der Waals surface area contributed by atoms with E-state index in [1.54, 1.807) is 77.0 Å². The van der Waals surface area contributed by atoms with Gasteiger partial charge in [-0.05, 0) is 205 Å². The van der Waals surface area contributed by atoms with Gasteiger partial charge in [0.2, 0.25) is 0 Å². The minimum atomic E-state index is -1.39. The van der Waals surface area contributed by atoms with E-state index in [1.807, 2.05) is 16.3 Å². The van der Waals surface area contributed by atoms with Crippen LogP contribution < -0.4 is 10.6 Å². The molecule has 11 aliphatic rings. The van der Waals surface area contributed by atoms with Crippen LogP contribution in [0.2, 0.25) is 19.6 Å². The topological polar surface area (TPSA) is 24.1 Å². The van der Waals surface area contributed by atoms with Crippen LogP contribution in [0.5, 0.6) is 0 Å². The lowest BCUT2D eigenvalue weighted by Gasteiger charge is -2.67. The molecule has 2 aliphatic heterocycles. The van der Waals surface area contributed by atoms with Gasteiger partial charge in [0, 0.05) is 5.16 Å². The quantitative estimate of drug-likeness (QED) is 0.200. The van der Waals surface area contributed by atoms with Crippen molar-refractivity contribution in [1.82, 2.24) is 10.6 Å². The summed E-state index contributed by atoms with van der Waals surface area (Å²) in [4.78, 5) is 0. The maximum Gasteiger partial charge on any atom is 0.0728 e. The molecule has 250 valence electrons. The van der Waals surface area contributed by atoms with Gasteiger partial charge in [-0.1, -0.05) is 44.4 Å². The van der Waals surface area contributed by atoms with Gasteiger partial charge in [-0.15, -0.1) is 9.24 Å². The van der Waals surface area contributed by atoms with Crippen LogP contribution in [-0.4, -0.2) is 55.9 Å². The largest absolute Gasteiger partial charge is 0.316 e. The van der Waals surface area contributed by atoms with Crippen LogP contribution in [0.15, 0.2) is 22.4 Å². The molecule has 2 N–H and O–H groups in total. The van der Waals surface area contributed by atoms with Crippen LogP contribution in [-0.2, 0) is 0 Å². The van der Waals surface area contributed by atoms with Crippen molar-refractivity contribution in [2.24, 2.45) is 47.3 Å². The molecule has 11 rings (SSSR count). The summed E-state index contributed by atoms with van der Waals surface area (Å²) in [5.74, 6) is 8.05. The van der Waals surface area contributed by atoms with Crippen LogP contribution in [0.4, 0.5) is 0 Å². The van der Waals surface area contributed by atoms with E-state index in [0.717, 1.165) is 57.7 Å². The van der Waals surface area contributed by atoms with Gasteiger partial charge in [0.25, 0.3) is 0 Å². The van der Waals surface area contributed by atoms with Crippen molar-refractivity contribution in [3.63, 3.8) is 0 Å². The third-order valence-corrected chi connectivity index (χ3v) is 23.6. The van der Waals surface area contributed by atoms with Crippen molar-refractivity contribution in [1.29, 1.82) is 0 Å². The summed E-state index contributed by atoms with van der Waals surface area (Å²) in [5.41, 5.74) is 3.91. The minimum absolute atomic E-state index is 0.0110. The molecule has 8 bridgehead atoms. The number of rotatable bonds is 8. The van der Waals surface area contributed by atoms with E-state index in [9.17, 15) is 0 Å². The fraction of sp³-hybridized carbons (Fsp3) is 0.900. The molecule has 3 atom stereocenters. The number of allylic oxidation sites excluding steroid dienone is 4. The molecule has 2 heterocycles. The Morgan fingerprint density at radius 2 is 1.16 bits per heavy atom. The van der Waals surface area contributed by atoms with Crippen molar-refractivity contribution in [3.8, 4) is 0 Å². The Bertz CT molecular complexity index is 1080. The van der Waals surface area contributed by atoms with Crippen LogP contribution in [0.25, 0.3) is 0 Å². The predicted molar refractivity (Wildman–Crippen MR) is 200 cm³/mol. The van der Waals surface area contributed by atoms with Gasteiger partial charge < -0.3 is 10.6 Å². The zero-order valence-electron chi connectivity index (χ0n) is 29.3. The van der Waals surface area contributed by atoms with Gasteiger partial charge in [0.05, 0.1) is 8.07 Å². The SMILES string of the molecule is C[Si](C)(C)C1=CC(CP(C23CC4CC(CC(C4)C2)C3)C23CC4CC(CC(C4)C2)C3)=C(C(P)(C2CCCNC2)C2CCCNC2)C1. The lowest BCUT2D eigenvalue weighted by Crippen LogP contribution is -2.57. The summed E-state index contributed by atoms with van der Waals surface area (Å²) in [7, 11) is 2.32. The first-order valence-corrected chi connectivity index (χ1v) is 25.6. The summed E-state index contributed by atoms with van der Waals surface area (Å²) >= 11 is 0. The lowest BCUT2D eigenvalue weighted by molar-refractivity contribution is 0.0187. The molecule has 0 aromatic carbocycles. The maximum absolute atomic E-state index is 3.92. The second kappa shape index (κ2) is 11.5. The molecular formula is C40H66N2P2Si. The molecule has 0 spiro atoms. The van der Waals surface area contributed by atoms with E-state index in [0.29, 0.717) is 0 Å².